The summed E-state index contributed by atoms with van der Waals surface area (Å²) < 4.78 is 27.3. The molecule has 2 saturated carbocycles. The van der Waals surface area contributed by atoms with Gasteiger partial charge in [-0.05, 0) is 25.2 Å². The standard InChI is InChI=1S/C12H20N4O2S/c1-2-8-5-11(8)16-19(17,18)12-9(7-14-15-12)6-13-10-3-4-10/h7-8,10-11,13,16H,2-6H2,1H3,(H,14,15). The highest BCUT2D eigenvalue weighted by Crippen LogP contribution is 2.34. The lowest BCUT2D eigenvalue weighted by Gasteiger charge is -2.07. The molecular weight excluding hydrogens is 264 g/mol. The molecule has 0 bridgehead atoms. The fourth-order valence-corrected chi connectivity index (χ4v) is 3.75. The first kappa shape index (κ1) is 13.1. The van der Waals surface area contributed by atoms with Gasteiger partial charge in [-0.3, -0.25) is 5.10 Å². The number of H-pyrrole nitrogens is 1. The average Bonchev–Trinajstić information content (AvgIpc) is 3.27. The van der Waals surface area contributed by atoms with Gasteiger partial charge in [-0.2, -0.15) is 5.10 Å². The van der Waals surface area contributed by atoms with Crippen LogP contribution in [-0.4, -0.2) is 30.7 Å². The first-order valence-electron chi connectivity index (χ1n) is 6.88. The molecular formula is C12H20N4O2S. The SMILES string of the molecule is CCC1CC1NS(=O)(=O)c1[nH]ncc1CNC1CC1. The lowest BCUT2D eigenvalue weighted by atomic mass is 10.3. The van der Waals surface area contributed by atoms with Gasteiger partial charge in [0, 0.05) is 24.2 Å². The van der Waals surface area contributed by atoms with Gasteiger partial charge in [-0.1, -0.05) is 13.3 Å². The van der Waals surface area contributed by atoms with Crippen LogP contribution in [0.4, 0.5) is 0 Å². The summed E-state index contributed by atoms with van der Waals surface area (Å²) in [7, 11) is -3.46. The van der Waals surface area contributed by atoms with Gasteiger partial charge in [0.2, 0.25) is 0 Å². The van der Waals surface area contributed by atoms with Gasteiger partial charge in [-0.25, -0.2) is 13.1 Å². The Balaban J connectivity index is 1.67. The summed E-state index contributed by atoms with van der Waals surface area (Å²) in [5.74, 6) is 0.491. The molecule has 2 unspecified atom stereocenters. The fourth-order valence-electron chi connectivity index (χ4n) is 2.30. The second kappa shape index (κ2) is 4.88. The number of aromatic nitrogens is 2. The van der Waals surface area contributed by atoms with Crippen molar-refractivity contribution in [2.24, 2.45) is 5.92 Å². The minimum Gasteiger partial charge on any atom is -0.310 e. The van der Waals surface area contributed by atoms with E-state index in [9.17, 15) is 8.42 Å². The van der Waals surface area contributed by atoms with E-state index in [2.05, 4.69) is 27.2 Å². The maximum atomic E-state index is 12.3. The van der Waals surface area contributed by atoms with E-state index in [0.717, 1.165) is 12.8 Å². The summed E-state index contributed by atoms with van der Waals surface area (Å²) >= 11 is 0. The van der Waals surface area contributed by atoms with Crippen LogP contribution in [0.1, 0.15) is 38.2 Å². The van der Waals surface area contributed by atoms with Gasteiger partial charge in [0.25, 0.3) is 10.0 Å². The number of hydrogen-bond donors (Lipinski definition) is 3. The van der Waals surface area contributed by atoms with Crippen molar-refractivity contribution in [1.29, 1.82) is 0 Å². The molecule has 3 N–H and O–H groups in total. The Morgan fingerprint density at radius 2 is 2.26 bits per heavy atom. The average molecular weight is 284 g/mol. The molecule has 7 heteroatoms. The Morgan fingerprint density at radius 1 is 1.47 bits per heavy atom. The van der Waals surface area contributed by atoms with Crippen molar-refractivity contribution < 1.29 is 8.42 Å². The number of hydrogen-bond acceptors (Lipinski definition) is 4. The van der Waals surface area contributed by atoms with Crippen molar-refractivity contribution in [1.82, 2.24) is 20.2 Å². The highest BCUT2D eigenvalue weighted by molar-refractivity contribution is 7.89. The zero-order valence-electron chi connectivity index (χ0n) is 11.0. The lowest BCUT2D eigenvalue weighted by molar-refractivity contribution is 0.568. The summed E-state index contributed by atoms with van der Waals surface area (Å²) in [6.45, 7) is 2.64. The third-order valence-corrected chi connectivity index (χ3v) is 5.36. The molecule has 0 saturated heterocycles. The van der Waals surface area contributed by atoms with E-state index in [1.165, 1.54) is 12.8 Å². The molecule has 6 nitrogen and oxygen atoms in total. The molecule has 0 aliphatic heterocycles. The molecule has 1 heterocycles. The first-order valence-corrected chi connectivity index (χ1v) is 8.36. The van der Waals surface area contributed by atoms with Gasteiger partial charge >= 0.3 is 0 Å². The minimum atomic E-state index is -3.46. The van der Waals surface area contributed by atoms with Gasteiger partial charge in [0.05, 0.1) is 6.20 Å². The summed E-state index contributed by atoms with van der Waals surface area (Å²) in [5, 5.41) is 10.0. The predicted molar refractivity (Wildman–Crippen MR) is 71.0 cm³/mol. The second-order valence-corrected chi connectivity index (χ2v) is 7.16. The van der Waals surface area contributed by atoms with E-state index in [0.29, 0.717) is 24.1 Å². The zero-order chi connectivity index (χ0) is 13.5. The molecule has 0 radical (unpaired) electrons. The summed E-state index contributed by atoms with van der Waals surface area (Å²) in [4.78, 5) is 0. The Bertz CT molecular complexity index is 550. The highest BCUT2D eigenvalue weighted by Gasteiger charge is 2.39. The number of nitrogens with one attached hydrogen (secondary N) is 3. The molecule has 3 rings (SSSR count). The third kappa shape index (κ3) is 2.98. The molecule has 1 aromatic heterocycles. The fraction of sp³-hybridized carbons (Fsp3) is 0.750. The van der Waals surface area contributed by atoms with Crippen LogP contribution in [0.2, 0.25) is 0 Å². The molecule has 2 atom stereocenters. The molecule has 0 aromatic carbocycles. The van der Waals surface area contributed by atoms with Crippen LogP contribution in [0, 0.1) is 5.92 Å². The van der Waals surface area contributed by atoms with Crippen LogP contribution >= 0.6 is 0 Å². The molecule has 19 heavy (non-hydrogen) atoms. The number of nitrogens with zero attached hydrogens (tertiary/aromatic N) is 1. The van der Waals surface area contributed by atoms with E-state index < -0.39 is 10.0 Å². The van der Waals surface area contributed by atoms with Crippen LogP contribution in [0.15, 0.2) is 11.2 Å². The van der Waals surface area contributed by atoms with Gasteiger partial charge in [0.15, 0.2) is 5.03 Å². The Kier molecular flexibility index (Phi) is 3.36. The number of rotatable bonds is 7. The van der Waals surface area contributed by atoms with Crippen molar-refractivity contribution in [3.8, 4) is 0 Å². The maximum Gasteiger partial charge on any atom is 0.258 e. The van der Waals surface area contributed by atoms with Crippen molar-refractivity contribution in [3.63, 3.8) is 0 Å². The topological polar surface area (TPSA) is 86.9 Å². The predicted octanol–water partition coefficient (Wildman–Crippen LogP) is 0.738. The van der Waals surface area contributed by atoms with Crippen molar-refractivity contribution in [2.45, 2.75) is 56.3 Å². The van der Waals surface area contributed by atoms with Gasteiger partial charge < -0.3 is 5.32 Å². The van der Waals surface area contributed by atoms with E-state index >= 15 is 0 Å². The lowest BCUT2D eigenvalue weighted by Crippen LogP contribution is -2.29. The van der Waals surface area contributed by atoms with E-state index in [-0.39, 0.29) is 11.1 Å². The first-order chi connectivity index (χ1) is 9.10. The van der Waals surface area contributed by atoms with Gasteiger partial charge in [-0.15, -0.1) is 0 Å². The largest absolute Gasteiger partial charge is 0.310 e. The molecule has 2 aliphatic carbocycles. The van der Waals surface area contributed by atoms with Crippen molar-refractivity contribution in [2.75, 3.05) is 0 Å². The molecule has 1 aromatic rings. The maximum absolute atomic E-state index is 12.3. The molecule has 2 fully saturated rings. The van der Waals surface area contributed by atoms with Crippen LogP contribution < -0.4 is 10.0 Å². The number of aromatic amines is 1. The van der Waals surface area contributed by atoms with Crippen LogP contribution in [0.25, 0.3) is 0 Å². The molecule has 0 amide bonds. The third-order valence-electron chi connectivity index (χ3n) is 3.86. The van der Waals surface area contributed by atoms with E-state index in [1.807, 2.05) is 0 Å². The zero-order valence-corrected chi connectivity index (χ0v) is 11.8. The van der Waals surface area contributed by atoms with E-state index in [1.54, 1.807) is 6.20 Å². The smallest absolute Gasteiger partial charge is 0.258 e. The van der Waals surface area contributed by atoms with Crippen LogP contribution in [0.5, 0.6) is 0 Å². The van der Waals surface area contributed by atoms with Gasteiger partial charge in [0.1, 0.15) is 0 Å². The number of sulfonamides is 1. The van der Waals surface area contributed by atoms with Crippen LogP contribution in [-0.2, 0) is 16.6 Å². The molecule has 0 spiro atoms. The quantitative estimate of drug-likeness (QED) is 0.689. The van der Waals surface area contributed by atoms with E-state index in [4.69, 9.17) is 0 Å². The Hall–Kier alpha value is -0.920. The summed E-state index contributed by atoms with van der Waals surface area (Å²) in [6, 6.07) is 0.647. The van der Waals surface area contributed by atoms with Crippen molar-refractivity contribution >= 4 is 10.0 Å². The monoisotopic (exact) mass is 284 g/mol. The highest BCUT2D eigenvalue weighted by atomic mass is 32.2. The minimum absolute atomic E-state index is 0.0996. The van der Waals surface area contributed by atoms with Crippen LogP contribution in [0.3, 0.4) is 0 Å². The molecule has 2 aliphatic rings. The summed E-state index contributed by atoms with van der Waals surface area (Å²) in [5.41, 5.74) is 0.716. The Labute approximate surface area is 113 Å². The second-order valence-electron chi connectivity index (χ2n) is 5.51. The molecule has 106 valence electrons. The normalized spacial score (nSPS) is 26.6. The Morgan fingerprint density at radius 3 is 2.89 bits per heavy atom. The van der Waals surface area contributed by atoms with Crippen molar-refractivity contribution in [3.05, 3.63) is 11.8 Å². The summed E-state index contributed by atoms with van der Waals surface area (Å²) in [6.07, 6.45) is 5.91.